The zero-order valence-corrected chi connectivity index (χ0v) is 12.2. The molecule has 1 saturated carbocycles. The highest BCUT2D eigenvalue weighted by Gasteiger charge is 2.30. The summed E-state index contributed by atoms with van der Waals surface area (Å²) in [7, 11) is 1.84. The van der Waals surface area contributed by atoms with Crippen LogP contribution in [-0.2, 0) is 7.05 Å². The van der Waals surface area contributed by atoms with E-state index in [-0.39, 0.29) is 5.88 Å². The Kier molecular flexibility index (Phi) is 2.65. The Bertz CT molecular complexity index is 802. The lowest BCUT2D eigenvalue weighted by Gasteiger charge is -1.99. The minimum atomic E-state index is 0.182. The summed E-state index contributed by atoms with van der Waals surface area (Å²) in [5.41, 5.74) is 2.28. The highest BCUT2D eigenvalue weighted by Crippen LogP contribution is 2.41. The predicted molar refractivity (Wildman–Crippen MR) is 82.1 cm³/mol. The summed E-state index contributed by atoms with van der Waals surface area (Å²) in [4.78, 5) is 13.0. The van der Waals surface area contributed by atoms with Gasteiger partial charge in [0.25, 0.3) is 0 Å². The van der Waals surface area contributed by atoms with Gasteiger partial charge in [-0.2, -0.15) is 0 Å². The number of nitrogens with zero attached hydrogens (tertiary/aromatic N) is 4. The molecule has 1 N–H and O–H groups in total. The van der Waals surface area contributed by atoms with Crippen molar-refractivity contribution in [2.75, 3.05) is 0 Å². The van der Waals surface area contributed by atoms with Gasteiger partial charge in [0, 0.05) is 36.5 Å². The third-order valence-electron chi connectivity index (χ3n) is 3.83. The van der Waals surface area contributed by atoms with Crippen LogP contribution in [0.15, 0.2) is 17.3 Å². The molecule has 0 amide bonds. The maximum absolute atomic E-state index is 10.2. The Balaban J connectivity index is 1.79. The molecule has 0 radical (unpaired) electrons. The molecule has 0 spiro atoms. The van der Waals surface area contributed by atoms with Crippen molar-refractivity contribution in [2.45, 2.75) is 18.8 Å². The molecule has 106 valence electrons. The van der Waals surface area contributed by atoms with E-state index in [1.807, 2.05) is 19.2 Å². The number of aromatic nitrogens is 3. The summed E-state index contributed by atoms with van der Waals surface area (Å²) in [5.74, 6) is 2.25. The fourth-order valence-electron chi connectivity index (χ4n) is 2.54. The first kappa shape index (κ1) is 12.6. The van der Waals surface area contributed by atoms with Gasteiger partial charge in [0.15, 0.2) is 5.82 Å². The molecule has 1 aliphatic heterocycles. The Hall–Kier alpha value is -2.14. The molecule has 1 aliphatic carbocycles. The molecule has 0 bridgehead atoms. The van der Waals surface area contributed by atoms with Gasteiger partial charge in [-0.1, -0.05) is 11.6 Å². The molecule has 2 aromatic rings. The van der Waals surface area contributed by atoms with Crippen molar-refractivity contribution in [3.8, 4) is 5.88 Å². The van der Waals surface area contributed by atoms with Crippen molar-refractivity contribution in [3.63, 3.8) is 0 Å². The maximum Gasteiger partial charge on any atom is 0.218 e. The number of hydrogen-bond donors (Lipinski definition) is 1. The number of rotatable bonds is 2. The number of allylic oxidation sites excluding steroid dienone is 1. The summed E-state index contributed by atoms with van der Waals surface area (Å²) in [6.07, 6.45) is 7.41. The van der Waals surface area contributed by atoms with E-state index in [0.29, 0.717) is 22.5 Å². The molecule has 2 aromatic heterocycles. The fourth-order valence-corrected chi connectivity index (χ4v) is 2.70. The number of fused-ring (bicyclic) bond motifs is 1. The van der Waals surface area contributed by atoms with Gasteiger partial charge in [-0.05, 0) is 25.0 Å². The highest BCUT2D eigenvalue weighted by atomic mass is 35.5. The largest absolute Gasteiger partial charge is 0.493 e. The molecule has 6 heteroatoms. The van der Waals surface area contributed by atoms with Crippen LogP contribution in [0, 0.1) is 0 Å². The summed E-state index contributed by atoms with van der Waals surface area (Å²) < 4.78 is 1.76. The Morgan fingerprint density at radius 3 is 3.00 bits per heavy atom. The van der Waals surface area contributed by atoms with Crippen molar-refractivity contribution in [2.24, 2.45) is 12.0 Å². The van der Waals surface area contributed by atoms with Crippen LogP contribution in [-0.4, -0.2) is 25.9 Å². The molecule has 2 aliphatic rings. The van der Waals surface area contributed by atoms with Crippen LogP contribution in [0.2, 0.25) is 5.02 Å². The van der Waals surface area contributed by atoms with Crippen LogP contribution in [0.1, 0.15) is 35.8 Å². The first-order valence-electron chi connectivity index (χ1n) is 6.81. The molecule has 0 atom stereocenters. The number of aliphatic imine (C=N–C) groups is 1. The highest BCUT2D eigenvalue weighted by molar-refractivity contribution is 6.31. The minimum absolute atomic E-state index is 0.182. The average molecular weight is 301 g/mol. The summed E-state index contributed by atoms with van der Waals surface area (Å²) in [5, 5.41) is 10.8. The van der Waals surface area contributed by atoms with Gasteiger partial charge in [-0.25, -0.2) is 15.0 Å². The van der Waals surface area contributed by atoms with E-state index in [2.05, 4.69) is 15.0 Å². The predicted octanol–water partition coefficient (Wildman–Crippen LogP) is 3.31. The molecule has 5 nitrogen and oxygen atoms in total. The van der Waals surface area contributed by atoms with E-state index in [1.54, 1.807) is 17.0 Å². The quantitative estimate of drug-likeness (QED) is 0.925. The van der Waals surface area contributed by atoms with Crippen molar-refractivity contribution in [1.29, 1.82) is 0 Å². The molecule has 3 heterocycles. The molecule has 1 fully saturated rings. The van der Waals surface area contributed by atoms with Crippen LogP contribution >= 0.6 is 11.6 Å². The van der Waals surface area contributed by atoms with Gasteiger partial charge in [0.1, 0.15) is 11.5 Å². The second kappa shape index (κ2) is 4.43. The van der Waals surface area contributed by atoms with Gasteiger partial charge in [0.2, 0.25) is 5.88 Å². The van der Waals surface area contributed by atoms with Crippen LogP contribution in [0.4, 0.5) is 5.82 Å². The number of halogens is 1. The molecule has 0 unspecified atom stereocenters. The standard InChI is InChI=1S/C15H13ClN4O/c1-20-14(8-2-3-8)19-12(15(20)21)4-9-6-17-13-11(9)5-10(16)7-18-13/h4-8,21H,2-3H2,1H3/b9-4-. The van der Waals surface area contributed by atoms with Crippen LogP contribution in [0.5, 0.6) is 5.88 Å². The Morgan fingerprint density at radius 1 is 1.43 bits per heavy atom. The second-order valence-corrected chi connectivity index (χ2v) is 5.83. The van der Waals surface area contributed by atoms with Crippen LogP contribution < -0.4 is 0 Å². The second-order valence-electron chi connectivity index (χ2n) is 5.39. The van der Waals surface area contributed by atoms with Crippen LogP contribution in [0.3, 0.4) is 0 Å². The summed E-state index contributed by atoms with van der Waals surface area (Å²) in [6.45, 7) is 0. The van der Waals surface area contributed by atoms with Crippen LogP contribution in [0.25, 0.3) is 11.6 Å². The number of imidazole rings is 1. The first-order valence-corrected chi connectivity index (χ1v) is 7.18. The molecular formula is C15H13ClN4O. The molecule has 21 heavy (non-hydrogen) atoms. The number of hydrogen-bond acceptors (Lipinski definition) is 4. The Morgan fingerprint density at radius 2 is 2.24 bits per heavy atom. The van der Waals surface area contributed by atoms with Crippen molar-refractivity contribution >= 4 is 35.3 Å². The van der Waals surface area contributed by atoms with Gasteiger partial charge in [-0.3, -0.25) is 0 Å². The topological polar surface area (TPSA) is 63.3 Å². The minimum Gasteiger partial charge on any atom is -0.493 e. The van der Waals surface area contributed by atoms with E-state index in [0.717, 1.165) is 29.8 Å². The lowest BCUT2D eigenvalue weighted by molar-refractivity contribution is 0.427. The molecular weight excluding hydrogens is 288 g/mol. The van der Waals surface area contributed by atoms with Crippen molar-refractivity contribution < 1.29 is 5.11 Å². The zero-order valence-electron chi connectivity index (χ0n) is 11.4. The number of pyridine rings is 1. The Labute approximate surface area is 126 Å². The SMILES string of the molecule is Cn1c(C2CC2)nc(/C=C2/C=Nc3ncc(Cl)cc32)c1O. The number of aromatic hydroxyl groups is 1. The van der Waals surface area contributed by atoms with E-state index in [9.17, 15) is 5.11 Å². The normalized spacial score (nSPS) is 18.5. The first-order chi connectivity index (χ1) is 10.1. The summed E-state index contributed by atoms with van der Waals surface area (Å²) >= 11 is 5.99. The third kappa shape index (κ3) is 2.05. The smallest absolute Gasteiger partial charge is 0.218 e. The molecule has 4 rings (SSSR count). The van der Waals surface area contributed by atoms with Crippen molar-refractivity contribution in [1.82, 2.24) is 14.5 Å². The van der Waals surface area contributed by atoms with Gasteiger partial charge < -0.3 is 9.67 Å². The van der Waals surface area contributed by atoms with Crippen molar-refractivity contribution in [3.05, 3.63) is 34.4 Å². The van der Waals surface area contributed by atoms with Gasteiger partial charge in [-0.15, -0.1) is 0 Å². The van der Waals surface area contributed by atoms with Gasteiger partial charge >= 0.3 is 0 Å². The van der Waals surface area contributed by atoms with E-state index in [1.165, 1.54) is 0 Å². The monoisotopic (exact) mass is 300 g/mol. The van der Waals surface area contributed by atoms with E-state index in [4.69, 9.17) is 11.6 Å². The average Bonchev–Trinajstić information content (AvgIpc) is 3.19. The fraction of sp³-hybridized carbons (Fsp3) is 0.267. The summed E-state index contributed by atoms with van der Waals surface area (Å²) in [6, 6.07) is 1.82. The zero-order chi connectivity index (χ0) is 14.6. The molecule has 0 aromatic carbocycles. The van der Waals surface area contributed by atoms with E-state index >= 15 is 0 Å². The maximum atomic E-state index is 10.2. The van der Waals surface area contributed by atoms with Gasteiger partial charge in [0.05, 0.1) is 5.02 Å². The van der Waals surface area contributed by atoms with E-state index < -0.39 is 0 Å². The lowest BCUT2D eigenvalue weighted by atomic mass is 10.1. The third-order valence-corrected chi connectivity index (χ3v) is 4.04. The molecule has 0 saturated heterocycles. The lowest BCUT2D eigenvalue weighted by Crippen LogP contribution is -1.94.